The number of nitrogens with one attached hydrogen (secondary N) is 1. The van der Waals surface area contributed by atoms with E-state index < -0.39 is 5.82 Å². The fourth-order valence-electron chi connectivity index (χ4n) is 2.73. The van der Waals surface area contributed by atoms with Crippen molar-refractivity contribution in [1.82, 2.24) is 19.9 Å². The molecule has 3 rings (SSSR count). The van der Waals surface area contributed by atoms with Gasteiger partial charge in [0, 0.05) is 51.4 Å². The molecule has 25 heavy (non-hydrogen) atoms. The first-order chi connectivity index (χ1) is 12.1. The summed E-state index contributed by atoms with van der Waals surface area (Å²) in [5.74, 6) is 0.323. The number of hydrogen-bond acceptors (Lipinski definition) is 7. The Kier molecular flexibility index (Phi) is 6.00. The van der Waals surface area contributed by atoms with Crippen LogP contribution in [-0.2, 0) is 22.5 Å². The average molecular weight is 367 g/mol. The van der Waals surface area contributed by atoms with Gasteiger partial charge in [0.05, 0.1) is 25.6 Å². The van der Waals surface area contributed by atoms with Crippen LogP contribution in [0.3, 0.4) is 0 Å². The number of hydrogen-bond donors (Lipinski definition) is 1. The van der Waals surface area contributed by atoms with E-state index in [0.29, 0.717) is 30.6 Å². The smallest absolute Gasteiger partial charge is 0.223 e. The third kappa shape index (κ3) is 5.52. The van der Waals surface area contributed by atoms with Crippen LogP contribution in [0.1, 0.15) is 19.1 Å². The van der Waals surface area contributed by atoms with Crippen molar-refractivity contribution in [2.24, 2.45) is 5.92 Å². The van der Waals surface area contributed by atoms with Crippen LogP contribution < -0.4 is 5.32 Å². The Morgan fingerprint density at radius 2 is 2.24 bits per heavy atom. The van der Waals surface area contributed by atoms with E-state index in [1.54, 1.807) is 6.20 Å². The van der Waals surface area contributed by atoms with E-state index in [-0.39, 0.29) is 13.3 Å². The quantitative estimate of drug-likeness (QED) is 0.870. The summed E-state index contributed by atoms with van der Waals surface area (Å²) in [5.41, 5.74) is 0. The van der Waals surface area contributed by atoms with E-state index in [9.17, 15) is 9.18 Å². The topological polar surface area (TPSA) is 80.2 Å². The number of ether oxygens (including phenoxy) is 1. The van der Waals surface area contributed by atoms with Gasteiger partial charge in [-0.15, -0.1) is 11.3 Å². The molecule has 136 valence electrons. The molecule has 1 fully saturated rings. The highest BCUT2D eigenvalue weighted by molar-refractivity contribution is 7.15. The van der Waals surface area contributed by atoms with Gasteiger partial charge < -0.3 is 10.1 Å². The highest BCUT2D eigenvalue weighted by atomic mass is 32.1. The predicted molar refractivity (Wildman–Crippen MR) is 93.8 cm³/mol. The number of anilines is 1. The number of amides is 1. The minimum Gasteiger partial charge on any atom is -0.380 e. The minimum absolute atomic E-state index is 0. The van der Waals surface area contributed by atoms with Gasteiger partial charge in [0.25, 0.3) is 0 Å². The van der Waals surface area contributed by atoms with Gasteiger partial charge in [0.1, 0.15) is 5.82 Å². The molecule has 2 aromatic rings. The Morgan fingerprint density at radius 3 is 3.00 bits per heavy atom. The largest absolute Gasteiger partial charge is 0.380 e. The van der Waals surface area contributed by atoms with Crippen molar-refractivity contribution in [2.45, 2.75) is 19.9 Å². The molecular formula is C16H22FN5O2S. The Hall–Kier alpha value is -1.97. The normalized spacial score (nSPS) is 18.7. The highest BCUT2D eigenvalue weighted by Gasteiger charge is 2.21. The maximum atomic E-state index is 12.9. The van der Waals surface area contributed by atoms with Gasteiger partial charge in [-0.3, -0.25) is 9.69 Å². The van der Waals surface area contributed by atoms with Gasteiger partial charge in [-0.05, 0) is 0 Å². The van der Waals surface area contributed by atoms with E-state index in [1.165, 1.54) is 30.7 Å². The Labute approximate surface area is 150 Å². The molecule has 0 radical (unpaired) electrons. The molecule has 1 unspecified atom stereocenters. The molecule has 0 saturated carbocycles. The number of nitrogens with zero attached hydrogens (tertiary/aromatic N) is 4. The molecule has 1 aliphatic heterocycles. The van der Waals surface area contributed by atoms with E-state index >= 15 is 0 Å². The Morgan fingerprint density at radius 1 is 1.44 bits per heavy atom. The molecule has 1 saturated heterocycles. The molecule has 3 heterocycles. The summed E-state index contributed by atoms with van der Waals surface area (Å²) in [5, 5.41) is 3.31. The molecule has 1 atom stereocenters. The second-order valence-electron chi connectivity index (χ2n) is 6.01. The SMILES string of the molecule is CC(=O)Nc1ncc(CN2CCOCC(Cc3ncc(F)cn3)C2)s1.[HH]. The third-order valence-corrected chi connectivity index (χ3v) is 4.68. The molecule has 0 aromatic carbocycles. The van der Waals surface area contributed by atoms with Crippen molar-refractivity contribution in [3.8, 4) is 0 Å². The van der Waals surface area contributed by atoms with Gasteiger partial charge in [-0.1, -0.05) is 0 Å². The monoisotopic (exact) mass is 367 g/mol. The molecule has 7 nitrogen and oxygen atoms in total. The zero-order valence-electron chi connectivity index (χ0n) is 13.9. The van der Waals surface area contributed by atoms with Gasteiger partial charge in [0.2, 0.25) is 5.91 Å². The molecule has 0 bridgehead atoms. The van der Waals surface area contributed by atoms with Crippen molar-refractivity contribution in [3.05, 3.63) is 35.1 Å². The van der Waals surface area contributed by atoms with E-state index in [4.69, 9.17) is 4.74 Å². The van der Waals surface area contributed by atoms with E-state index in [1.807, 2.05) is 0 Å². The van der Waals surface area contributed by atoms with E-state index in [2.05, 4.69) is 25.2 Å². The summed E-state index contributed by atoms with van der Waals surface area (Å²) in [7, 11) is 0. The van der Waals surface area contributed by atoms with Crippen LogP contribution in [0.4, 0.5) is 9.52 Å². The number of rotatable bonds is 5. The first-order valence-corrected chi connectivity index (χ1v) is 8.89. The second kappa shape index (κ2) is 8.41. The fraction of sp³-hybridized carbons (Fsp3) is 0.500. The van der Waals surface area contributed by atoms with Crippen LogP contribution in [0.5, 0.6) is 0 Å². The van der Waals surface area contributed by atoms with Crippen molar-refractivity contribution < 1.29 is 15.3 Å². The van der Waals surface area contributed by atoms with Crippen molar-refractivity contribution in [1.29, 1.82) is 0 Å². The number of carbonyl (C=O) groups excluding carboxylic acids is 1. The standard InChI is InChI=1S/C16H20FN5O2S.H2/c1-11(23)21-16-20-7-14(25-16)9-22-2-3-24-10-12(8-22)4-15-18-5-13(17)6-19-15;/h5-7,12H,2-4,8-10H2,1H3,(H,20,21,23);1H. The number of carbonyl (C=O) groups is 1. The van der Waals surface area contributed by atoms with Crippen molar-refractivity contribution in [3.63, 3.8) is 0 Å². The van der Waals surface area contributed by atoms with Gasteiger partial charge in [-0.2, -0.15) is 0 Å². The third-order valence-electron chi connectivity index (χ3n) is 3.78. The summed E-state index contributed by atoms with van der Waals surface area (Å²) in [6, 6.07) is 0. The zero-order valence-corrected chi connectivity index (χ0v) is 14.8. The van der Waals surface area contributed by atoms with Gasteiger partial charge >= 0.3 is 0 Å². The molecular weight excluding hydrogens is 345 g/mol. The first kappa shape index (κ1) is 17.8. The number of thiazole rings is 1. The number of aromatic nitrogens is 3. The van der Waals surface area contributed by atoms with Crippen LogP contribution in [0.15, 0.2) is 18.6 Å². The summed E-state index contributed by atoms with van der Waals surface area (Å²) in [4.78, 5) is 26.8. The van der Waals surface area contributed by atoms with Gasteiger partial charge in [0.15, 0.2) is 10.9 Å². The van der Waals surface area contributed by atoms with Crippen LogP contribution >= 0.6 is 11.3 Å². The molecule has 1 aliphatic rings. The summed E-state index contributed by atoms with van der Waals surface area (Å²) >= 11 is 1.48. The minimum atomic E-state index is -0.428. The van der Waals surface area contributed by atoms with Crippen LogP contribution in [0, 0.1) is 11.7 Å². The van der Waals surface area contributed by atoms with Gasteiger partial charge in [-0.25, -0.2) is 19.3 Å². The van der Waals surface area contributed by atoms with Crippen molar-refractivity contribution in [2.75, 3.05) is 31.6 Å². The molecule has 9 heteroatoms. The van der Waals surface area contributed by atoms with Crippen LogP contribution in [-0.4, -0.2) is 52.1 Å². The number of halogens is 1. The summed E-state index contributed by atoms with van der Waals surface area (Å²) < 4.78 is 18.6. The molecule has 1 N–H and O–H groups in total. The molecule has 0 spiro atoms. The molecule has 2 aromatic heterocycles. The van der Waals surface area contributed by atoms with Crippen molar-refractivity contribution >= 4 is 22.4 Å². The Bertz CT molecular complexity index is 715. The Balaban J connectivity index is 0.00000243. The van der Waals surface area contributed by atoms with E-state index in [0.717, 1.165) is 24.5 Å². The summed E-state index contributed by atoms with van der Waals surface area (Å²) in [6.45, 7) is 5.19. The average Bonchev–Trinajstić information content (AvgIpc) is 2.87. The predicted octanol–water partition coefficient (Wildman–Crippen LogP) is 1.97. The summed E-state index contributed by atoms with van der Waals surface area (Å²) in [6.07, 6.45) is 4.83. The lowest BCUT2D eigenvalue weighted by molar-refractivity contribution is -0.114. The van der Waals surface area contributed by atoms with Crippen LogP contribution in [0.25, 0.3) is 0 Å². The molecule has 1 amide bonds. The fourth-order valence-corrected chi connectivity index (χ4v) is 3.63. The maximum Gasteiger partial charge on any atom is 0.223 e. The highest BCUT2D eigenvalue weighted by Crippen LogP contribution is 2.21. The molecule has 0 aliphatic carbocycles. The maximum absolute atomic E-state index is 12.9. The zero-order chi connectivity index (χ0) is 17.6. The lowest BCUT2D eigenvalue weighted by atomic mass is 10.1. The second-order valence-corrected chi connectivity index (χ2v) is 7.13. The lowest BCUT2D eigenvalue weighted by Gasteiger charge is -2.22. The lowest BCUT2D eigenvalue weighted by Crippen LogP contribution is -2.30. The van der Waals surface area contributed by atoms with Crippen LogP contribution in [0.2, 0.25) is 0 Å². The first-order valence-electron chi connectivity index (χ1n) is 8.07.